The highest BCUT2D eigenvalue weighted by Crippen LogP contribution is 2.56. The number of halogens is 2. The molecule has 0 saturated carbocycles. The lowest BCUT2D eigenvalue weighted by Gasteiger charge is -2.32. The van der Waals surface area contributed by atoms with Crippen molar-refractivity contribution in [2.24, 2.45) is 5.92 Å². The van der Waals surface area contributed by atoms with E-state index in [0.29, 0.717) is 23.8 Å². The van der Waals surface area contributed by atoms with E-state index in [2.05, 4.69) is 286 Å². The summed E-state index contributed by atoms with van der Waals surface area (Å²) in [5, 5.41) is 42.1. The summed E-state index contributed by atoms with van der Waals surface area (Å²) >= 11 is 0. The molecule has 13 heteroatoms. The molecule has 0 heterocycles. The number of hydrogen-bond donors (Lipinski definition) is 2. The van der Waals surface area contributed by atoms with Crippen molar-refractivity contribution in [3.05, 3.63) is 335 Å². The van der Waals surface area contributed by atoms with Gasteiger partial charge >= 0.3 is 0 Å². The maximum atomic E-state index is 10.8. The van der Waals surface area contributed by atoms with Crippen LogP contribution in [0.1, 0.15) is 330 Å². The highest BCUT2D eigenvalue weighted by atomic mass is 79.9. The van der Waals surface area contributed by atoms with E-state index in [1.165, 1.54) is 190 Å². The number of carbonyl (C=O) groups is 1. The number of methoxy groups -OCH3 is 5. The molecule has 1 aliphatic carbocycles. The highest BCUT2D eigenvalue weighted by molar-refractivity contribution is 8.93. The van der Waals surface area contributed by atoms with E-state index in [9.17, 15) is 15.0 Å². The fourth-order valence-electron chi connectivity index (χ4n) is 16.9. The molecule has 2 atom stereocenters. The highest BCUT2D eigenvalue weighted by Gasteiger charge is 2.44. The normalized spacial score (nSPS) is 12.8. The first-order valence-corrected chi connectivity index (χ1v) is 52.6. The number of rotatable bonds is 41. The first-order chi connectivity index (χ1) is 65.4. The zero-order chi connectivity index (χ0) is 101. The third-order valence-electron chi connectivity index (χ3n) is 26.4. The molecule has 756 valence electrons. The number of nitrogens with zero attached hydrogens (tertiary/aromatic N) is 2. The lowest BCUT2D eigenvalue weighted by Crippen LogP contribution is -3.00. The van der Waals surface area contributed by atoms with Crippen molar-refractivity contribution in [2.75, 3.05) is 41.7 Å². The monoisotopic (exact) mass is 2030 g/mol. The Morgan fingerprint density at radius 3 is 1.19 bits per heavy atom. The van der Waals surface area contributed by atoms with Crippen LogP contribution in [0, 0.1) is 28.6 Å². The van der Waals surface area contributed by atoms with Gasteiger partial charge in [0.25, 0.3) is 0 Å². The number of ether oxygens (including phenoxy) is 5. The summed E-state index contributed by atoms with van der Waals surface area (Å²) in [6, 6.07) is 91.4. The van der Waals surface area contributed by atoms with Gasteiger partial charge in [-0.2, -0.15) is 10.5 Å². The topological polar surface area (TPSA) is 151 Å². The number of aromatic hydroxyl groups is 2. The largest absolute Gasteiger partial charge is 1.00 e. The summed E-state index contributed by atoms with van der Waals surface area (Å²) in [7, 11) is 6.72. The summed E-state index contributed by atoms with van der Waals surface area (Å²) < 4.78 is 25.7. The first-order valence-electron chi connectivity index (χ1n) is 50.6. The molecule has 10 aromatic carbocycles. The van der Waals surface area contributed by atoms with Crippen molar-refractivity contribution < 1.29 is 55.7 Å². The minimum Gasteiger partial charge on any atom is -1.00 e. The summed E-state index contributed by atoms with van der Waals surface area (Å²) in [6.07, 6.45) is 38.7. The van der Waals surface area contributed by atoms with Crippen molar-refractivity contribution in [1.82, 2.24) is 0 Å². The predicted molar refractivity (Wildman–Crippen MR) is 599 cm³/mol. The number of unbranched alkanes of at least 4 members (excludes halogenated alkanes) is 13. The average Bonchev–Trinajstić information content (AvgIpc) is 0.755. The molecule has 0 fully saturated rings. The average molecular weight is 2040 g/mol. The van der Waals surface area contributed by atoms with Crippen LogP contribution >= 0.6 is 24.2 Å². The summed E-state index contributed by atoms with van der Waals surface area (Å²) in [4.78, 5) is 10.8. The lowest BCUT2D eigenvalue weighted by molar-refractivity contribution is -0.111. The third-order valence-corrected chi connectivity index (χ3v) is 30.9. The van der Waals surface area contributed by atoms with Gasteiger partial charge in [-0.3, -0.25) is 0 Å². The number of carbonyl (C=O) groups excluding carboxylic acids is 1. The van der Waals surface area contributed by atoms with Gasteiger partial charge in [0.15, 0.2) is 0 Å². The Kier molecular flexibility index (Phi) is 60.0. The number of phenols is 2. The van der Waals surface area contributed by atoms with Gasteiger partial charge in [-0.05, 0) is 263 Å². The molecular formula is C126H175Br2N2O8P. The Morgan fingerprint density at radius 2 is 0.799 bits per heavy atom. The fraction of sp³-hybridized carbons (Fsp3) is 0.452. The maximum Gasteiger partial charge on any atom is 0.129 e. The second-order valence-corrected chi connectivity index (χ2v) is 43.8. The Hall–Kier alpha value is -9.94. The Morgan fingerprint density at radius 1 is 0.432 bits per heavy atom. The van der Waals surface area contributed by atoms with Gasteiger partial charge in [0, 0.05) is 22.3 Å². The molecule has 0 bridgehead atoms. The molecule has 10 aromatic rings. The molecule has 11 rings (SSSR count). The van der Waals surface area contributed by atoms with Crippen molar-refractivity contribution in [1.29, 1.82) is 10.5 Å². The Balaban J connectivity index is 0.000000544. The van der Waals surface area contributed by atoms with Crippen LogP contribution < -0.4 is 56.6 Å². The molecular weight excluding hydrogens is 1860 g/mol. The van der Waals surface area contributed by atoms with Crippen LogP contribution in [0.2, 0.25) is 0 Å². The van der Waals surface area contributed by atoms with E-state index in [0.717, 1.165) is 70.1 Å². The van der Waals surface area contributed by atoms with Crippen LogP contribution in [0.3, 0.4) is 0 Å². The lowest BCUT2D eigenvalue weighted by atomic mass is 9.73. The van der Waals surface area contributed by atoms with E-state index in [1.54, 1.807) is 41.6 Å². The maximum absolute atomic E-state index is 10.8. The second-order valence-electron chi connectivity index (χ2n) is 40.1. The number of aldehydes is 1. The molecule has 2 N–H and O–H groups in total. The number of nitriles is 2. The number of allylic oxidation sites excluding steroid dienone is 5. The first kappa shape index (κ1) is 125. The van der Waals surface area contributed by atoms with Crippen molar-refractivity contribution in [3.8, 4) is 52.4 Å². The van der Waals surface area contributed by atoms with E-state index >= 15 is 0 Å². The Labute approximate surface area is 865 Å². The number of benzene rings is 10. The molecule has 0 radical (unpaired) electrons. The number of phenolic OH excluding ortho intramolecular Hbond substituents is 2. The van der Waals surface area contributed by atoms with E-state index in [1.807, 2.05) is 131 Å². The van der Waals surface area contributed by atoms with E-state index in [-0.39, 0.29) is 61.5 Å². The minimum absolute atomic E-state index is 0. The molecule has 10 nitrogen and oxygen atoms in total. The second kappa shape index (κ2) is 66.7. The van der Waals surface area contributed by atoms with E-state index in [4.69, 9.17) is 34.2 Å². The van der Waals surface area contributed by atoms with Crippen LogP contribution in [0.5, 0.6) is 40.2 Å². The zero-order valence-electron chi connectivity index (χ0n) is 89.6. The SMILES string of the molecule is Br.C=C(C)C1CCC(C)=CC1c1ccc(C(C)(C)CCCCCC)cc1O.CCCC/C=C/C(C)(C)c1cccc(OC)c1.CCCCCCC(C)(C)c1cccc(O)c1.CCCCCCC(C)(C)c1cccc(OC)c1.CCCCC[P+](c1ccccc1)(c1ccccc1)c1ccccc1.COc1cccc(C(C)(C)C#N)c1.COc1cccc(C(C)(C)C=O)c1.COc1cccc(CC#N)c1.[Br-]. The predicted octanol–water partition coefficient (Wildman–Crippen LogP) is 31.1. The molecule has 0 amide bonds. The molecule has 0 saturated heterocycles. The van der Waals surface area contributed by atoms with Crippen LogP contribution in [0.25, 0.3) is 0 Å². The minimum atomic E-state index is -1.58. The fourth-order valence-corrected chi connectivity index (χ4v) is 21.3. The summed E-state index contributed by atoms with van der Waals surface area (Å²) in [6.45, 7) is 45.6. The van der Waals surface area contributed by atoms with Gasteiger partial charge in [0.05, 0.1) is 65.7 Å². The third kappa shape index (κ3) is 44.0. The van der Waals surface area contributed by atoms with Crippen LogP contribution in [-0.2, 0) is 43.7 Å². The van der Waals surface area contributed by atoms with Gasteiger partial charge in [-0.25, -0.2) is 0 Å². The van der Waals surface area contributed by atoms with Crippen LogP contribution in [0.4, 0.5) is 0 Å². The van der Waals surface area contributed by atoms with Crippen molar-refractivity contribution in [3.63, 3.8) is 0 Å². The van der Waals surface area contributed by atoms with Gasteiger partial charge in [-0.1, -0.05) is 368 Å². The van der Waals surface area contributed by atoms with Crippen molar-refractivity contribution >= 4 is 46.4 Å². The van der Waals surface area contributed by atoms with E-state index < -0.39 is 18.1 Å². The van der Waals surface area contributed by atoms with Gasteiger partial charge in [0.2, 0.25) is 0 Å². The molecule has 0 aromatic heterocycles. The van der Waals surface area contributed by atoms with Gasteiger partial charge in [0.1, 0.15) is 69.7 Å². The zero-order valence-corrected chi connectivity index (χ0v) is 93.8. The summed E-state index contributed by atoms with van der Waals surface area (Å²) in [5.41, 5.74) is 11.5. The molecule has 139 heavy (non-hydrogen) atoms. The number of hydrogen-bond acceptors (Lipinski definition) is 10. The molecule has 2 unspecified atom stereocenters. The molecule has 1 aliphatic rings. The van der Waals surface area contributed by atoms with Crippen LogP contribution in [-0.4, -0.2) is 58.2 Å². The van der Waals surface area contributed by atoms with Crippen LogP contribution in [0.15, 0.2) is 291 Å². The van der Waals surface area contributed by atoms with Crippen molar-refractivity contribution in [2.45, 2.75) is 324 Å². The summed E-state index contributed by atoms with van der Waals surface area (Å²) in [5.74, 6) is 5.78. The standard InChI is InChI=1S/C25H38O.C23H26P.C16H26O.C16H24O.C15H24O.C11H13NO.C11H14O2.C9H9NO.2BrH/c1-7-8-9-10-15-25(5,6)20-12-14-22(24(26)17-20)23-16-19(4)11-13-21(23)18(2)3;1-2-3-13-20-24(21-14-7-4-8-15-21,22-16-9-5-10-17-22)23-18-11-6-12-19-23;2*1-5-6-7-8-12-16(2,3)14-10-9-11-15(13-14)17-4;1-4-5-6-7-11-15(2,3)13-9-8-10-14(16)12-13;2*1-11(2,8-12)9-5-4-6-10(7-9)13-3;1-11-9-4-2-3-8(7-9)5-6-10;;/h12,14,16-17,21,23,26H,2,7-11,13,15H2,1,3-6H3;4-12,14-19H,2-3,13,20H2,1H3;9-11,13H,5-8,12H2,1-4H3;8-13H,5-7H2,1-4H3;8-10,12,16H,4-7,11H2,1-3H3;4-7H,1-3H3;4-8H,1-3H3;2-4,7H,5H2,1H3;2*1H/q;+1;;;;;;;;/p-1/b;;;12-8+;;;;;;. The Bertz CT molecular complexity index is 5120. The van der Waals surface area contributed by atoms with Gasteiger partial charge in [-0.15, -0.1) is 17.0 Å². The quantitative estimate of drug-likeness (QED) is 0.0164. The molecule has 0 aliphatic heterocycles. The molecule has 0 spiro atoms. The smallest absolute Gasteiger partial charge is 0.129 e. The van der Waals surface area contributed by atoms with Gasteiger partial charge < -0.3 is 55.7 Å².